The highest BCUT2D eigenvalue weighted by Gasteiger charge is 2.35. The molecule has 8 aromatic rings. The van der Waals surface area contributed by atoms with Gasteiger partial charge in [0.25, 0.3) is 0 Å². The minimum absolute atomic E-state index is 0.787. The van der Waals surface area contributed by atoms with Crippen LogP contribution in [0.3, 0.4) is 0 Å². The lowest BCUT2D eigenvalue weighted by molar-refractivity contribution is 0.126. The molecule has 210 valence electrons. The van der Waals surface area contributed by atoms with Gasteiger partial charge in [0, 0.05) is 38.8 Å². The number of aromatic nitrogens is 1. The fourth-order valence-corrected chi connectivity index (χ4v) is 6.60. The van der Waals surface area contributed by atoms with Gasteiger partial charge >= 0.3 is 0 Å². The molecule has 0 aliphatic heterocycles. The third-order valence-corrected chi connectivity index (χ3v) is 8.65. The van der Waals surface area contributed by atoms with Crippen molar-refractivity contribution in [1.82, 2.24) is 4.57 Å². The van der Waals surface area contributed by atoms with Crippen molar-refractivity contribution in [2.45, 2.75) is 5.60 Å². The van der Waals surface area contributed by atoms with Gasteiger partial charge in [0.2, 0.25) is 0 Å². The van der Waals surface area contributed by atoms with Crippen molar-refractivity contribution < 1.29 is 5.11 Å². The van der Waals surface area contributed by atoms with E-state index < -0.39 is 5.60 Å². The molecule has 0 atom stereocenters. The van der Waals surface area contributed by atoms with Crippen LogP contribution >= 0.6 is 0 Å². The Morgan fingerprint density at radius 3 is 1.84 bits per heavy atom. The second-order valence-electron chi connectivity index (χ2n) is 11.2. The van der Waals surface area contributed by atoms with Crippen LogP contribution in [0.1, 0.15) is 16.7 Å². The molecule has 1 aromatic heterocycles. The second kappa shape index (κ2) is 10.6. The molecule has 44 heavy (non-hydrogen) atoms. The van der Waals surface area contributed by atoms with Gasteiger partial charge in [-0.15, -0.1) is 0 Å². The molecule has 0 radical (unpaired) electrons. The first-order chi connectivity index (χ1) is 21.7. The van der Waals surface area contributed by atoms with Gasteiger partial charge in [-0.05, 0) is 52.9 Å². The predicted octanol–water partition coefficient (Wildman–Crippen LogP) is 9.96. The second-order valence-corrected chi connectivity index (χ2v) is 11.2. The number of aliphatic hydroxyl groups is 1. The number of rotatable bonds is 6. The summed E-state index contributed by atoms with van der Waals surface area (Å²) < 4.78 is 2.37. The molecule has 0 unspecified atom stereocenters. The zero-order valence-electron chi connectivity index (χ0n) is 24.1. The first kappa shape index (κ1) is 26.0. The molecular formula is C41H30N2O. The molecule has 2 N–H and O–H groups in total. The van der Waals surface area contributed by atoms with E-state index in [2.05, 4.69) is 94.8 Å². The largest absolute Gasteiger partial charge is 0.376 e. The number of hydrogen-bond donors (Lipinski definition) is 2. The molecule has 0 aliphatic rings. The molecule has 0 spiro atoms. The summed E-state index contributed by atoms with van der Waals surface area (Å²) in [4.78, 5) is 0. The lowest BCUT2D eigenvalue weighted by Crippen LogP contribution is -2.29. The molecule has 0 fully saturated rings. The van der Waals surface area contributed by atoms with E-state index >= 15 is 0 Å². The van der Waals surface area contributed by atoms with Gasteiger partial charge in [0.05, 0.1) is 11.0 Å². The number of benzene rings is 7. The number of fused-ring (bicyclic) bond motifs is 5. The maximum absolute atomic E-state index is 12.6. The van der Waals surface area contributed by atoms with Crippen LogP contribution in [-0.2, 0) is 5.60 Å². The highest BCUT2D eigenvalue weighted by molar-refractivity contribution is 6.19. The van der Waals surface area contributed by atoms with Crippen molar-refractivity contribution in [2.75, 3.05) is 5.32 Å². The summed E-state index contributed by atoms with van der Waals surface area (Å²) in [6.45, 7) is 0. The minimum atomic E-state index is -1.35. The van der Waals surface area contributed by atoms with Gasteiger partial charge in [-0.2, -0.15) is 0 Å². The van der Waals surface area contributed by atoms with Crippen LogP contribution in [0.5, 0.6) is 0 Å². The van der Waals surface area contributed by atoms with Gasteiger partial charge in [-0.25, -0.2) is 0 Å². The van der Waals surface area contributed by atoms with E-state index in [-0.39, 0.29) is 0 Å². The summed E-state index contributed by atoms with van der Waals surface area (Å²) in [5.74, 6) is 0. The standard InChI is InChI=1S/C41H30N2O/c44-41(30-15-4-1-5-16-30,31-17-6-2-7-18-31)37-22-12-13-23-38(37)42-32-25-27-39-36(28-32)35-26-24-29-14-10-11-21-34(29)40(35)43(39)33-19-8-3-9-20-33/h1-28,42,44H. The summed E-state index contributed by atoms with van der Waals surface area (Å²) in [7, 11) is 0. The van der Waals surface area contributed by atoms with E-state index in [4.69, 9.17) is 0 Å². The van der Waals surface area contributed by atoms with Crippen LogP contribution in [0.2, 0.25) is 0 Å². The summed E-state index contributed by atoms with van der Waals surface area (Å²) >= 11 is 0. The summed E-state index contributed by atoms with van der Waals surface area (Å²) in [6, 6.07) is 58.0. The monoisotopic (exact) mass is 566 g/mol. The van der Waals surface area contributed by atoms with E-state index in [1.54, 1.807) is 0 Å². The maximum Gasteiger partial charge on any atom is 0.142 e. The van der Waals surface area contributed by atoms with Gasteiger partial charge in [0.15, 0.2) is 0 Å². The van der Waals surface area contributed by atoms with Gasteiger partial charge < -0.3 is 15.0 Å². The SMILES string of the molecule is OC(c1ccccc1)(c1ccccc1)c1ccccc1Nc1ccc2c(c1)c1ccc3ccccc3c1n2-c1ccccc1. The van der Waals surface area contributed by atoms with Crippen molar-refractivity contribution >= 4 is 44.0 Å². The number of nitrogens with zero attached hydrogens (tertiary/aromatic N) is 1. The van der Waals surface area contributed by atoms with Crippen LogP contribution in [0.15, 0.2) is 170 Å². The molecule has 3 nitrogen and oxygen atoms in total. The first-order valence-corrected chi connectivity index (χ1v) is 14.9. The Bertz CT molecular complexity index is 2210. The Morgan fingerprint density at radius 1 is 0.500 bits per heavy atom. The average molecular weight is 567 g/mol. The van der Waals surface area contributed by atoms with E-state index in [0.29, 0.717) is 0 Å². The van der Waals surface area contributed by atoms with Crippen molar-refractivity contribution in [1.29, 1.82) is 0 Å². The topological polar surface area (TPSA) is 37.2 Å². The van der Waals surface area contributed by atoms with Crippen molar-refractivity contribution in [3.05, 3.63) is 187 Å². The fourth-order valence-electron chi connectivity index (χ4n) is 6.60. The zero-order valence-corrected chi connectivity index (χ0v) is 24.1. The third-order valence-electron chi connectivity index (χ3n) is 8.65. The molecule has 1 heterocycles. The van der Waals surface area contributed by atoms with Crippen LogP contribution in [0, 0.1) is 0 Å². The normalized spacial score (nSPS) is 11.8. The smallest absolute Gasteiger partial charge is 0.142 e. The highest BCUT2D eigenvalue weighted by Crippen LogP contribution is 2.42. The Morgan fingerprint density at radius 2 is 1.11 bits per heavy atom. The van der Waals surface area contributed by atoms with Gasteiger partial charge in [0.1, 0.15) is 5.60 Å². The number of nitrogens with one attached hydrogen (secondary N) is 1. The Labute approximate surface area is 256 Å². The zero-order chi connectivity index (χ0) is 29.5. The van der Waals surface area contributed by atoms with E-state index in [1.807, 2.05) is 84.9 Å². The van der Waals surface area contributed by atoms with E-state index in [1.165, 1.54) is 27.1 Å². The third kappa shape index (κ3) is 4.17. The lowest BCUT2D eigenvalue weighted by Gasteiger charge is -2.32. The Balaban J connectivity index is 1.31. The van der Waals surface area contributed by atoms with Crippen LogP contribution < -0.4 is 5.32 Å². The maximum atomic E-state index is 12.6. The van der Waals surface area contributed by atoms with Crippen LogP contribution in [0.25, 0.3) is 38.3 Å². The number of hydrogen-bond acceptors (Lipinski definition) is 2. The molecule has 3 heteroatoms. The highest BCUT2D eigenvalue weighted by atomic mass is 16.3. The predicted molar refractivity (Wildman–Crippen MR) is 183 cm³/mol. The minimum Gasteiger partial charge on any atom is -0.376 e. The van der Waals surface area contributed by atoms with Crippen LogP contribution in [0.4, 0.5) is 11.4 Å². The van der Waals surface area contributed by atoms with Crippen molar-refractivity contribution in [3.63, 3.8) is 0 Å². The molecule has 0 aliphatic carbocycles. The quantitative estimate of drug-likeness (QED) is 0.197. The number of para-hydroxylation sites is 2. The van der Waals surface area contributed by atoms with Gasteiger partial charge in [-0.3, -0.25) is 0 Å². The molecule has 7 aromatic carbocycles. The molecule has 0 saturated carbocycles. The number of anilines is 2. The van der Waals surface area contributed by atoms with E-state index in [9.17, 15) is 5.11 Å². The van der Waals surface area contributed by atoms with Gasteiger partial charge in [-0.1, -0.05) is 133 Å². The molecule has 0 bridgehead atoms. The molecule has 0 amide bonds. The molecule has 8 rings (SSSR count). The Kier molecular flexibility index (Phi) is 6.25. The summed E-state index contributed by atoms with van der Waals surface area (Å²) in [6.07, 6.45) is 0. The van der Waals surface area contributed by atoms with Crippen molar-refractivity contribution in [3.8, 4) is 5.69 Å². The molecule has 0 saturated heterocycles. The fraction of sp³-hybridized carbons (Fsp3) is 0.0244. The molecular weight excluding hydrogens is 536 g/mol. The summed E-state index contributed by atoms with van der Waals surface area (Å²) in [5, 5.41) is 21.1. The van der Waals surface area contributed by atoms with Crippen molar-refractivity contribution in [2.24, 2.45) is 0 Å². The Hall–Kier alpha value is -5.64. The first-order valence-electron chi connectivity index (χ1n) is 14.9. The van der Waals surface area contributed by atoms with E-state index in [0.717, 1.165) is 39.3 Å². The lowest BCUT2D eigenvalue weighted by atomic mass is 9.79. The average Bonchev–Trinajstić information content (AvgIpc) is 3.43. The van der Waals surface area contributed by atoms with Crippen LogP contribution in [-0.4, -0.2) is 9.67 Å². The summed E-state index contributed by atoms with van der Waals surface area (Å²) in [5.41, 5.74) is 6.34.